The Kier molecular flexibility index (Phi) is 4.34. The molecule has 134 valence electrons. The van der Waals surface area contributed by atoms with Crippen LogP contribution in [0.15, 0.2) is 42.6 Å². The molecule has 0 aliphatic carbocycles. The second kappa shape index (κ2) is 6.80. The first-order valence-electron chi connectivity index (χ1n) is 8.76. The number of hydrogen-bond acceptors (Lipinski definition) is 4. The number of rotatable bonds is 6. The normalized spacial score (nSPS) is 11.5. The summed E-state index contributed by atoms with van der Waals surface area (Å²) < 4.78 is 9.79. The third-order valence-corrected chi connectivity index (χ3v) is 4.71. The summed E-state index contributed by atoms with van der Waals surface area (Å²) in [4.78, 5) is 0. The van der Waals surface area contributed by atoms with Crippen molar-refractivity contribution in [2.45, 2.75) is 33.0 Å². The van der Waals surface area contributed by atoms with Crippen molar-refractivity contribution in [2.24, 2.45) is 0 Å². The van der Waals surface area contributed by atoms with Gasteiger partial charge in [0.15, 0.2) is 0 Å². The molecule has 0 spiro atoms. The van der Waals surface area contributed by atoms with Crippen molar-refractivity contribution in [1.82, 2.24) is 19.6 Å². The smallest absolute Gasteiger partial charge is 0.143 e. The molecule has 0 radical (unpaired) electrons. The van der Waals surface area contributed by atoms with E-state index in [9.17, 15) is 0 Å². The van der Waals surface area contributed by atoms with E-state index in [0.717, 1.165) is 30.8 Å². The number of ether oxygens (including phenoxy) is 1. The number of methoxy groups -OCH3 is 1. The maximum absolute atomic E-state index is 9.11. The lowest BCUT2D eigenvalue weighted by Crippen LogP contribution is -2.05. The van der Waals surface area contributed by atoms with Crippen LogP contribution >= 0.6 is 0 Å². The highest BCUT2D eigenvalue weighted by Crippen LogP contribution is 2.36. The molecule has 0 saturated heterocycles. The molecule has 0 aliphatic heterocycles. The van der Waals surface area contributed by atoms with Gasteiger partial charge >= 0.3 is 0 Å². The second-order valence-electron chi connectivity index (χ2n) is 6.52. The largest absolute Gasteiger partial charge is 0.495 e. The van der Waals surface area contributed by atoms with Crippen LogP contribution in [0.3, 0.4) is 0 Å². The monoisotopic (exact) mass is 350 g/mol. The highest BCUT2D eigenvalue weighted by Gasteiger charge is 2.15. The Balaban J connectivity index is 1.72. The van der Waals surface area contributed by atoms with Crippen LogP contribution < -0.4 is 4.74 Å². The second-order valence-corrected chi connectivity index (χ2v) is 6.52. The number of aryl methyl sites for hydroxylation is 3. The zero-order valence-corrected chi connectivity index (χ0v) is 15.0. The molecule has 0 fully saturated rings. The number of nitrogens with zero attached hydrogens (tertiary/aromatic N) is 4. The molecule has 0 unspecified atom stereocenters. The summed E-state index contributed by atoms with van der Waals surface area (Å²) in [5.74, 6) is 0.902. The van der Waals surface area contributed by atoms with Gasteiger partial charge in [-0.05, 0) is 37.1 Å². The summed E-state index contributed by atoms with van der Waals surface area (Å²) in [5, 5.41) is 19.5. The van der Waals surface area contributed by atoms with E-state index < -0.39 is 0 Å². The number of aromatic nitrogens is 4. The van der Waals surface area contributed by atoms with Gasteiger partial charge in [-0.15, -0.1) is 5.10 Å². The number of aliphatic hydroxyl groups is 1. The predicted molar refractivity (Wildman–Crippen MR) is 101 cm³/mol. The summed E-state index contributed by atoms with van der Waals surface area (Å²) in [7, 11) is 1.72. The molecular formula is C20H22N4O2. The van der Waals surface area contributed by atoms with Gasteiger partial charge in [-0.3, -0.25) is 4.68 Å². The summed E-state index contributed by atoms with van der Waals surface area (Å²) in [5.41, 5.74) is 4.13. The molecule has 26 heavy (non-hydrogen) atoms. The van der Waals surface area contributed by atoms with Gasteiger partial charge < -0.3 is 14.4 Å². The van der Waals surface area contributed by atoms with Crippen LogP contribution in [0.2, 0.25) is 0 Å². The number of fused-ring (bicyclic) bond motifs is 3. The quantitative estimate of drug-likeness (QED) is 0.579. The summed E-state index contributed by atoms with van der Waals surface area (Å²) in [6.07, 6.45) is 2.69. The minimum Gasteiger partial charge on any atom is -0.495 e. The Bertz CT molecular complexity index is 1060. The van der Waals surface area contributed by atoms with E-state index in [-0.39, 0.29) is 6.61 Å². The van der Waals surface area contributed by atoms with Gasteiger partial charge in [0.05, 0.1) is 25.4 Å². The van der Waals surface area contributed by atoms with Gasteiger partial charge in [-0.2, -0.15) is 0 Å². The molecule has 0 amide bonds. The van der Waals surface area contributed by atoms with Crippen LogP contribution in [0.4, 0.5) is 0 Å². The number of benzene rings is 2. The fraction of sp³-hybridized carbons (Fsp3) is 0.300. The van der Waals surface area contributed by atoms with Gasteiger partial charge in [0.1, 0.15) is 11.4 Å². The van der Waals surface area contributed by atoms with Crippen LogP contribution in [-0.2, 0) is 19.7 Å². The Hall–Kier alpha value is -2.86. The SMILES string of the molecule is COc1cc(C)cc2c3ccccc3n(CCCn3cc(CO)nn3)c12. The van der Waals surface area contributed by atoms with E-state index in [0.29, 0.717) is 5.69 Å². The average molecular weight is 350 g/mol. The fourth-order valence-corrected chi connectivity index (χ4v) is 3.59. The van der Waals surface area contributed by atoms with Crippen LogP contribution in [0, 0.1) is 6.92 Å². The molecule has 4 aromatic rings. The lowest BCUT2D eigenvalue weighted by atomic mass is 10.1. The molecule has 0 bridgehead atoms. The highest BCUT2D eigenvalue weighted by molar-refractivity contribution is 6.10. The molecule has 6 heteroatoms. The summed E-state index contributed by atoms with van der Waals surface area (Å²) in [6.45, 7) is 3.61. The van der Waals surface area contributed by atoms with Crippen LogP contribution in [0.1, 0.15) is 17.7 Å². The molecule has 0 atom stereocenters. The zero-order valence-electron chi connectivity index (χ0n) is 15.0. The molecule has 1 N–H and O–H groups in total. The Morgan fingerprint density at radius 1 is 1.12 bits per heavy atom. The lowest BCUT2D eigenvalue weighted by Gasteiger charge is -2.11. The van der Waals surface area contributed by atoms with E-state index in [2.05, 4.69) is 58.2 Å². The number of hydrogen-bond donors (Lipinski definition) is 1. The molecular weight excluding hydrogens is 328 g/mol. The minimum absolute atomic E-state index is 0.0799. The maximum Gasteiger partial charge on any atom is 0.143 e. The standard InChI is InChI=1S/C20H22N4O2/c1-14-10-17-16-6-3-4-7-18(16)24(20(17)19(11-14)26-2)9-5-8-23-12-15(13-25)21-22-23/h3-4,6-7,10-12,25H,5,8-9,13H2,1-2H3. The van der Waals surface area contributed by atoms with Gasteiger partial charge in [-0.1, -0.05) is 23.4 Å². The van der Waals surface area contributed by atoms with Crippen molar-refractivity contribution < 1.29 is 9.84 Å². The lowest BCUT2D eigenvalue weighted by molar-refractivity contribution is 0.276. The van der Waals surface area contributed by atoms with E-state index >= 15 is 0 Å². The zero-order chi connectivity index (χ0) is 18.1. The third kappa shape index (κ3) is 2.82. The maximum atomic E-state index is 9.11. The highest BCUT2D eigenvalue weighted by atomic mass is 16.5. The average Bonchev–Trinajstić information content (AvgIpc) is 3.24. The van der Waals surface area contributed by atoms with Crippen molar-refractivity contribution in [3.8, 4) is 5.75 Å². The van der Waals surface area contributed by atoms with Gasteiger partial charge in [0.2, 0.25) is 0 Å². The number of para-hydroxylation sites is 1. The molecule has 4 rings (SSSR count). The first-order valence-corrected chi connectivity index (χ1v) is 8.76. The molecule has 2 aromatic heterocycles. The van der Waals surface area contributed by atoms with Gasteiger partial charge in [-0.25, -0.2) is 0 Å². The van der Waals surface area contributed by atoms with Crippen molar-refractivity contribution >= 4 is 21.8 Å². The van der Waals surface area contributed by atoms with Crippen molar-refractivity contribution in [3.05, 3.63) is 53.9 Å². The Morgan fingerprint density at radius 3 is 2.73 bits per heavy atom. The van der Waals surface area contributed by atoms with Crippen LogP contribution in [0.25, 0.3) is 21.8 Å². The van der Waals surface area contributed by atoms with Crippen molar-refractivity contribution in [2.75, 3.05) is 7.11 Å². The fourth-order valence-electron chi connectivity index (χ4n) is 3.59. The first kappa shape index (κ1) is 16.6. The Morgan fingerprint density at radius 2 is 1.96 bits per heavy atom. The topological polar surface area (TPSA) is 65.1 Å². The summed E-state index contributed by atoms with van der Waals surface area (Å²) >= 11 is 0. The van der Waals surface area contributed by atoms with Crippen molar-refractivity contribution in [1.29, 1.82) is 0 Å². The van der Waals surface area contributed by atoms with Gasteiger partial charge in [0.25, 0.3) is 0 Å². The molecule has 0 saturated carbocycles. The molecule has 2 heterocycles. The van der Waals surface area contributed by atoms with Gasteiger partial charge in [0, 0.05) is 29.4 Å². The minimum atomic E-state index is -0.0799. The molecule has 6 nitrogen and oxygen atoms in total. The van der Waals surface area contributed by atoms with Crippen LogP contribution in [-0.4, -0.2) is 31.8 Å². The predicted octanol–water partition coefficient (Wildman–Crippen LogP) is 3.29. The van der Waals surface area contributed by atoms with E-state index in [1.54, 1.807) is 18.0 Å². The number of aliphatic hydroxyl groups excluding tert-OH is 1. The summed E-state index contributed by atoms with van der Waals surface area (Å²) in [6, 6.07) is 12.8. The Labute approximate surface area is 151 Å². The third-order valence-electron chi connectivity index (χ3n) is 4.71. The van der Waals surface area contributed by atoms with Crippen LogP contribution in [0.5, 0.6) is 5.75 Å². The van der Waals surface area contributed by atoms with E-state index in [1.807, 2.05) is 0 Å². The molecule has 2 aromatic carbocycles. The van der Waals surface area contributed by atoms with Crippen molar-refractivity contribution in [3.63, 3.8) is 0 Å². The van der Waals surface area contributed by atoms with E-state index in [4.69, 9.17) is 9.84 Å². The molecule has 0 aliphatic rings. The van der Waals surface area contributed by atoms with E-state index in [1.165, 1.54) is 21.9 Å². The first-order chi connectivity index (χ1) is 12.7.